The van der Waals surface area contributed by atoms with Crippen LogP contribution in [0.3, 0.4) is 0 Å². The van der Waals surface area contributed by atoms with E-state index in [4.69, 9.17) is 23.2 Å². The minimum atomic E-state index is -0.721. The Kier molecular flexibility index (Phi) is 6.76. The van der Waals surface area contributed by atoms with E-state index in [0.29, 0.717) is 28.7 Å². The van der Waals surface area contributed by atoms with E-state index >= 15 is 0 Å². The molecule has 0 aliphatic heterocycles. The zero-order valence-corrected chi connectivity index (χ0v) is 13.4. The van der Waals surface area contributed by atoms with Gasteiger partial charge in [-0.1, -0.05) is 36.2 Å². The number of aliphatic hydroxyl groups is 1. The van der Waals surface area contributed by atoms with E-state index < -0.39 is 6.10 Å². The summed E-state index contributed by atoms with van der Waals surface area (Å²) in [4.78, 5) is 13.4. The fourth-order valence-corrected chi connectivity index (χ4v) is 2.57. The number of benzene rings is 1. The van der Waals surface area contributed by atoms with E-state index in [9.17, 15) is 9.90 Å². The first-order valence-corrected chi connectivity index (χ1v) is 7.14. The van der Waals surface area contributed by atoms with Crippen molar-refractivity contribution in [1.82, 2.24) is 10.2 Å². The highest BCUT2D eigenvalue weighted by Crippen LogP contribution is 2.26. The summed E-state index contributed by atoms with van der Waals surface area (Å²) in [5.74, 6) is -0.159. The maximum Gasteiger partial charge on any atom is 0.223 e. The Balaban J connectivity index is 2.61. The number of halogens is 2. The SMILES string of the molecule is CNC(=O)C(C)CN(C)CC(O)c1ccc(Cl)cc1Cl. The fraction of sp³-hybridized carbons (Fsp3) is 0.500. The summed E-state index contributed by atoms with van der Waals surface area (Å²) in [6.45, 7) is 2.79. The Hall–Kier alpha value is -0.810. The molecular formula is C14H20Cl2N2O2. The van der Waals surface area contributed by atoms with Crippen LogP contribution in [0.4, 0.5) is 0 Å². The molecule has 1 aromatic rings. The lowest BCUT2D eigenvalue weighted by molar-refractivity contribution is -0.124. The van der Waals surface area contributed by atoms with Gasteiger partial charge in [0.2, 0.25) is 5.91 Å². The predicted octanol–water partition coefficient (Wildman–Crippen LogP) is 2.34. The summed E-state index contributed by atoms with van der Waals surface area (Å²) in [7, 11) is 3.47. The lowest BCUT2D eigenvalue weighted by Gasteiger charge is -2.23. The molecule has 0 aliphatic rings. The number of rotatable bonds is 6. The van der Waals surface area contributed by atoms with Gasteiger partial charge in [0.1, 0.15) is 0 Å². The second-order valence-corrected chi connectivity index (χ2v) is 5.76. The molecule has 0 aliphatic carbocycles. The van der Waals surface area contributed by atoms with E-state index in [0.717, 1.165) is 0 Å². The van der Waals surface area contributed by atoms with Crippen LogP contribution in [0, 0.1) is 5.92 Å². The van der Waals surface area contributed by atoms with Crippen LogP contribution < -0.4 is 5.32 Å². The normalized spacial score (nSPS) is 14.2. The third-order valence-corrected chi connectivity index (χ3v) is 3.65. The molecular weight excluding hydrogens is 299 g/mol. The number of nitrogens with one attached hydrogen (secondary N) is 1. The molecule has 2 N–H and O–H groups in total. The van der Waals surface area contributed by atoms with Crippen molar-refractivity contribution in [3.05, 3.63) is 33.8 Å². The maximum atomic E-state index is 11.5. The zero-order valence-electron chi connectivity index (χ0n) is 11.9. The molecule has 1 amide bonds. The first-order valence-electron chi connectivity index (χ1n) is 6.38. The standard InChI is InChI=1S/C14H20Cl2N2O2/c1-9(14(20)17-2)7-18(3)8-13(19)11-5-4-10(15)6-12(11)16/h4-6,9,13,19H,7-8H2,1-3H3,(H,17,20). The van der Waals surface area contributed by atoms with Gasteiger partial charge in [0.15, 0.2) is 0 Å². The van der Waals surface area contributed by atoms with Gasteiger partial charge in [0.25, 0.3) is 0 Å². The summed E-state index contributed by atoms with van der Waals surface area (Å²) in [5.41, 5.74) is 0.635. The van der Waals surface area contributed by atoms with Gasteiger partial charge in [-0.25, -0.2) is 0 Å². The quantitative estimate of drug-likeness (QED) is 0.846. The van der Waals surface area contributed by atoms with E-state index in [1.54, 1.807) is 25.2 Å². The molecule has 6 heteroatoms. The van der Waals surface area contributed by atoms with Crippen molar-refractivity contribution in [2.45, 2.75) is 13.0 Å². The van der Waals surface area contributed by atoms with Gasteiger partial charge in [-0.2, -0.15) is 0 Å². The van der Waals surface area contributed by atoms with E-state index in [-0.39, 0.29) is 11.8 Å². The van der Waals surface area contributed by atoms with Gasteiger partial charge in [0, 0.05) is 41.7 Å². The fourth-order valence-electron chi connectivity index (χ4n) is 2.04. The van der Waals surface area contributed by atoms with Gasteiger partial charge < -0.3 is 15.3 Å². The van der Waals surface area contributed by atoms with Gasteiger partial charge >= 0.3 is 0 Å². The summed E-state index contributed by atoms with van der Waals surface area (Å²) < 4.78 is 0. The average Bonchev–Trinajstić information content (AvgIpc) is 2.37. The maximum absolute atomic E-state index is 11.5. The van der Waals surface area contributed by atoms with Crippen LogP contribution in [0.5, 0.6) is 0 Å². The average molecular weight is 319 g/mol. The van der Waals surface area contributed by atoms with Crippen LogP contribution in [-0.4, -0.2) is 43.1 Å². The molecule has 2 unspecified atom stereocenters. The van der Waals surface area contributed by atoms with Crippen LogP contribution in [-0.2, 0) is 4.79 Å². The predicted molar refractivity (Wildman–Crippen MR) is 82.1 cm³/mol. The third kappa shape index (κ3) is 4.94. The minimum Gasteiger partial charge on any atom is -0.387 e. The number of hydrogen-bond donors (Lipinski definition) is 2. The van der Waals surface area contributed by atoms with Crippen LogP contribution >= 0.6 is 23.2 Å². The van der Waals surface area contributed by atoms with Crippen molar-refractivity contribution in [2.24, 2.45) is 5.92 Å². The number of carbonyl (C=O) groups is 1. The molecule has 4 nitrogen and oxygen atoms in total. The first kappa shape index (κ1) is 17.2. The molecule has 0 saturated carbocycles. The van der Waals surface area contributed by atoms with Crippen LogP contribution in [0.2, 0.25) is 10.0 Å². The smallest absolute Gasteiger partial charge is 0.223 e. The molecule has 0 aromatic heterocycles. The van der Waals surface area contributed by atoms with Crippen LogP contribution in [0.1, 0.15) is 18.6 Å². The molecule has 0 saturated heterocycles. The molecule has 1 rings (SSSR count). The van der Waals surface area contributed by atoms with Gasteiger partial charge in [-0.3, -0.25) is 4.79 Å². The lowest BCUT2D eigenvalue weighted by Crippen LogP contribution is -2.36. The van der Waals surface area contributed by atoms with Crippen molar-refractivity contribution in [2.75, 3.05) is 27.2 Å². The largest absolute Gasteiger partial charge is 0.387 e. The molecule has 1 aromatic carbocycles. The van der Waals surface area contributed by atoms with Gasteiger partial charge in [-0.15, -0.1) is 0 Å². The Morgan fingerprint density at radius 3 is 2.60 bits per heavy atom. The second kappa shape index (κ2) is 7.84. The first-order chi connectivity index (χ1) is 9.35. The Labute approximate surface area is 129 Å². The second-order valence-electron chi connectivity index (χ2n) is 4.92. The number of likely N-dealkylation sites (N-methyl/N-ethyl adjacent to an activating group) is 1. The molecule has 112 valence electrons. The molecule has 0 radical (unpaired) electrons. The van der Waals surface area contributed by atoms with Crippen molar-refractivity contribution in [1.29, 1.82) is 0 Å². The summed E-state index contributed by atoms with van der Waals surface area (Å²) >= 11 is 11.9. The molecule has 20 heavy (non-hydrogen) atoms. The zero-order chi connectivity index (χ0) is 15.3. The molecule has 0 bridgehead atoms. The Morgan fingerprint density at radius 1 is 1.40 bits per heavy atom. The molecule has 0 fully saturated rings. The highest BCUT2D eigenvalue weighted by Gasteiger charge is 2.18. The highest BCUT2D eigenvalue weighted by molar-refractivity contribution is 6.35. The number of carbonyl (C=O) groups excluding carboxylic acids is 1. The van der Waals surface area contributed by atoms with Crippen molar-refractivity contribution < 1.29 is 9.90 Å². The number of amides is 1. The number of hydrogen-bond acceptors (Lipinski definition) is 3. The topological polar surface area (TPSA) is 52.6 Å². The van der Waals surface area contributed by atoms with Crippen LogP contribution in [0.15, 0.2) is 18.2 Å². The molecule has 2 atom stereocenters. The van der Waals surface area contributed by atoms with Crippen molar-refractivity contribution >= 4 is 29.1 Å². The summed E-state index contributed by atoms with van der Waals surface area (Å²) in [6, 6.07) is 5.01. The number of aliphatic hydroxyl groups excluding tert-OH is 1. The highest BCUT2D eigenvalue weighted by atomic mass is 35.5. The summed E-state index contributed by atoms with van der Waals surface area (Å²) in [6.07, 6.45) is -0.721. The van der Waals surface area contributed by atoms with Gasteiger partial charge in [-0.05, 0) is 19.2 Å². The molecule has 0 spiro atoms. The Bertz CT molecular complexity index is 468. The monoisotopic (exact) mass is 318 g/mol. The number of nitrogens with zero attached hydrogens (tertiary/aromatic N) is 1. The Morgan fingerprint density at radius 2 is 2.05 bits per heavy atom. The summed E-state index contributed by atoms with van der Waals surface area (Å²) in [5, 5.41) is 13.8. The van der Waals surface area contributed by atoms with Crippen molar-refractivity contribution in [3.63, 3.8) is 0 Å². The van der Waals surface area contributed by atoms with Crippen LogP contribution in [0.25, 0.3) is 0 Å². The molecule has 0 heterocycles. The van der Waals surface area contributed by atoms with E-state index in [1.807, 2.05) is 18.9 Å². The van der Waals surface area contributed by atoms with E-state index in [2.05, 4.69) is 5.32 Å². The lowest BCUT2D eigenvalue weighted by atomic mass is 10.1. The third-order valence-electron chi connectivity index (χ3n) is 3.09. The minimum absolute atomic E-state index is 0.0177. The van der Waals surface area contributed by atoms with Gasteiger partial charge in [0.05, 0.1) is 6.10 Å². The van der Waals surface area contributed by atoms with E-state index in [1.165, 1.54) is 0 Å². The van der Waals surface area contributed by atoms with Crippen molar-refractivity contribution in [3.8, 4) is 0 Å².